The van der Waals surface area contributed by atoms with E-state index in [0.29, 0.717) is 0 Å². The zero-order valence-corrected chi connectivity index (χ0v) is 23.3. The summed E-state index contributed by atoms with van der Waals surface area (Å²) in [4.78, 5) is 27.8. The van der Waals surface area contributed by atoms with Gasteiger partial charge in [-0.1, -0.05) is 53.6 Å². The molecule has 0 spiro atoms. The number of hydrogen-bond acceptors (Lipinski definition) is 4. The number of hydrogen-bond donors (Lipinski definition) is 1. The predicted molar refractivity (Wildman–Crippen MR) is 147 cm³/mol. The van der Waals surface area contributed by atoms with Gasteiger partial charge in [0.15, 0.2) is 0 Å². The van der Waals surface area contributed by atoms with Gasteiger partial charge < -0.3 is 10.2 Å². The summed E-state index contributed by atoms with van der Waals surface area (Å²) >= 11 is 6.16. The zero-order valence-electron chi connectivity index (χ0n) is 21.7. The Bertz CT molecular complexity index is 1400. The van der Waals surface area contributed by atoms with E-state index in [1.807, 2.05) is 6.92 Å². The van der Waals surface area contributed by atoms with Crippen LogP contribution in [0, 0.1) is 12.7 Å². The van der Waals surface area contributed by atoms with E-state index in [0.717, 1.165) is 9.87 Å². The van der Waals surface area contributed by atoms with Crippen molar-refractivity contribution in [3.8, 4) is 0 Å². The van der Waals surface area contributed by atoms with Crippen molar-refractivity contribution in [2.75, 3.05) is 10.8 Å². The molecule has 7 nitrogen and oxygen atoms in total. The number of nitrogens with zero attached hydrogens (tertiary/aromatic N) is 2. The molecule has 1 atom stereocenters. The quantitative estimate of drug-likeness (QED) is 0.382. The number of halogens is 2. The summed E-state index contributed by atoms with van der Waals surface area (Å²) in [7, 11) is -4.21. The normalized spacial score (nSPS) is 12.2. The van der Waals surface area contributed by atoms with E-state index in [1.54, 1.807) is 44.2 Å². The highest BCUT2D eigenvalue weighted by Crippen LogP contribution is 2.27. The van der Waals surface area contributed by atoms with Crippen molar-refractivity contribution in [1.29, 1.82) is 0 Å². The van der Waals surface area contributed by atoms with Crippen molar-refractivity contribution in [3.05, 3.63) is 94.8 Å². The first-order valence-corrected chi connectivity index (χ1v) is 13.9. The van der Waals surface area contributed by atoms with E-state index in [4.69, 9.17) is 11.6 Å². The molecule has 0 fully saturated rings. The molecule has 0 saturated carbocycles. The van der Waals surface area contributed by atoms with Crippen molar-refractivity contribution in [2.45, 2.75) is 51.2 Å². The van der Waals surface area contributed by atoms with Gasteiger partial charge in [-0.3, -0.25) is 13.9 Å². The lowest BCUT2D eigenvalue weighted by molar-refractivity contribution is -0.139. The van der Waals surface area contributed by atoms with Crippen LogP contribution in [0.15, 0.2) is 77.7 Å². The molecule has 3 aromatic carbocycles. The first kappa shape index (κ1) is 29.1. The van der Waals surface area contributed by atoms with Crippen molar-refractivity contribution in [1.82, 2.24) is 10.2 Å². The molecule has 1 N–H and O–H groups in total. The van der Waals surface area contributed by atoms with E-state index in [2.05, 4.69) is 5.32 Å². The lowest BCUT2D eigenvalue weighted by Crippen LogP contribution is -2.52. The molecule has 3 aromatic rings. The first-order chi connectivity index (χ1) is 17.9. The van der Waals surface area contributed by atoms with E-state index >= 15 is 0 Å². The average molecular weight is 560 g/mol. The number of benzene rings is 3. The highest BCUT2D eigenvalue weighted by molar-refractivity contribution is 7.92. The van der Waals surface area contributed by atoms with Crippen molar-refractivity contribution in [2.24, 2.45) is 0 Å². The standard InChI is InChI=1S/C28H31ClFN3O4S/c1-19(2)31-28(35)21(4)32(17-22-8-5-6-11-26(22)30)27(34)18-33(24-10-7-9-23(29)16-24)38(36,37)25-14-12-20(3)13-15-25/h5-16,19,21H,17-18H2,1-4H3,(H,31,35)/t21-/m0/s1. The van der Waals surface area contributed by atoms with Crippen LogP contribution in [-0.2, 0) is 26.2 Å². The molecule has 0 bridgehead atoms. The second kappa shape index (κ2) is 12.4. The average Bonchev–Trinajstić information content (AvgIpc) is 2.86. The molecule has 0 radical (unpaired) electrons. The Morgan fingerprint density at radius 1 is 0.974 bits per heavy atom. The molecular formula is C28H31ClFN3O4S. The summed E-state index contributed by atoms with van der Waals surface area (Å²) < 4.78 is 43.0. The molecule has 0 aliphatic heterocycles. The largest absolute Gasteiger partial charge is 0.352 e. The monoisotopic (exact) mass is 559 g/mol. The van der Waals surface area contributed by atoms with E-state index in [1.165, 1.54) is 54.3 Å². The number of anilines is 1. The molecule has 38 heavy (non-hydrogen) atoms. The fraction of sp³-hybridized carbons (Fsp3) is 0.286. The Morgan fingerprint density at radius 3 is 2.24 bits per heavy atom. The number of amides is 2. The van der Waals surface area contributed by atoms with E-state index < -0.39 is 40.2 Å². The number of nitrogens with one attached hydrogen (secondary N) is 1. The Hall–Kier alpha value is -3.43. The maximum Gasteiger partial charge on any atom is 0.264 e. The van der Waals surface area contributed by atoms with Gasteiger partial charge >= 0.3 is 0 Å². The zero-order chi connectivity index (χ0) is 28.0. The van der Waals surface area contributed by atoms with Gasteiger partial charge in [0, 0.05) is 23.2 Å². The summed E-state index contributed by atoms with van der Waals surface area (Å²) in [5.74, 6) is -1.67. The molecule has 10 heteroatoms. The van der Waals surface area contributed by atoms with Crippen LogP contribution in [0.1, 0.15) is 31.9 Å². The van der Waals surface area contributed by atoms with Crippen LogP contribution in [0.2, 0.25) is 5.02 Å². The second-order valence-corrected chi connectivity index (χ2v) is 11.6. The Balaban J connectivity index is 2.04. The molecule has 2 amide bonds. The predicted octanol–water partition coefficient (Wildman–Crippen LogP) is 4.92. The van der Waals surface area contributed by atoms with Gasteiger partial charge in [-0.2, -0.15) is 0 Å². The fourth-order valence-corrected chi connectivity index (χ4v) is 5.39. The lowest BCUT2D eigenvalue weighted by atomic mass is 10.1. The minimum atomic E-state index is -4.21. The SMILES string of the molecule is Cc1ccc(S(=O)(=O)N(CC(=O)N(Cc2ccccc2F)[C@@H](C)C(=O)NC(C)C)c2cccc(Cl)c2)cc1. The van der Waals surface area contributed by atoms with E-state index in [9.17, 15) is 22.4 Å². The molecule has 202 valence electrons. The van der Waals surface area contributed by atoms with Gasteiger partial charge in [0.2, 0.25) is 11.8 Å². The fourth-order valence-electron chi connectivity index (χ4n) is 3.80. The summed E-state index contributed by atoms with van der Waals surface area (Å²) in [5.41, 5.74) is 1.24. The molecular weight excluding hydrogens is 529 g/mol. The third-order valence-corrected chi connectivity index (χ3v) is 7.90. The van der Waals surface area contributed by atoms with Gasteiger partial charge in [0.25, 0.3) is 10.0 Å². The Kier molecular flexibility index (Phi) is 9.51. The van der Waals surface area contributed by atoms with Crippen LogP contribution < -0.4 is 9.62 Å². The molecule has 0 aromatic heterocycles. The van der Waals surface area contributed by atoms with Crippen molar-refractivity contribution < 1.29 is 22.4 Å². The van der Waals surface area contributed by atoms with Gasteiger partial charge in [-0.05, 0) is 64.1 Å². The highest BCUT2D eigenvalue weighted by atomic mass is 35.5. The number of carbonyl (C=O) groups excluding carboxylic acids is 2. The highest BCUT2D eigenvalue weighted by Gasteiger charge is 2.33. The minimum Gasteiger partial charge on any atom is -0.352 e. The molecule has 0 saturated heterocycles. The Morgan fingerprint density at radius 2 is 1.63 bits per heavy atom. The van der Waals surface area contributed by atoms with E-state index in [-0.39, 0.29) is 33.8 Å². The topological polar surface area (TPSA) is 86.8 Å². The third kappa shape index (κ3) is 7.11. The molecule has 0 aliphatic rings. The lowest BCUT2D eigenvalue weighted by Gasteiger charge is -2.32. The second-order valence-electron chi connectivity index (χ2n) is 9.26. The van der Waals surface area contributed by atoms with Crippen LogP contribution in [-0.4, -0.2) is 43.8 Å². The molecule has 0 heterocycles. The van der Waals surface area contributed by atoms with Crippen LogP contribution in [0.5, 0.6) is 0 Å². The number of carbonyl (C=O) groups is 2. The maximum absolute atomic E-state index is 14.5. The van der Waals surface area contributed by atoms with Gasteiger partial charge in [0.1, 0.15) is 18.4 Å². The smallest absolute Gasteiger partial charge is 0.264 e. The van der Waals surface area contributed by atoms with Gasteiger partial charge in [0.05, 0.1) is 10.6 Å². The Labute approximate surface area is 228 Å². The molecule has 3 rings (SSSR count). The summed E-state index contributed by atoms with van der Waals surface area (Å²) in [6.07, 6.45) is 0. The van der Waals surface area contributed by atoms with Crippen LogP contribution in [0.25, 0.3) is 0 Å². The summed E-state index contributed by atoms with van der Waals surface area (Å²) in [5, 5.41) is 3.04. The van der Waals surface area contributed by atoms with Crippen LogP contribution in [0.3, 0.4) is 0 Å². The first-order valence-electron chi connectivity index (χ1n) is 12.1. The van der Waals surface area contributed by atoms with Crippen LogP contribution >= 0.6 is 11.6 Å². The maximum atomic E-state index is 14.5. The summed E-state index contributed by atoms with van der Waals surface area (Å²) in [6.45, 7) is 6.05. The number of rotatable bonds is 10. The number of sulfonamides is 1. The molecule has 0 unspecified atom stereocenters. The van der Waals surface area contributed by atoms with Gasteiger partial charge in [-0.15, -0.1) is 0 Å². The van der Waals surface area contributed by atoms with Crippen molar-refractivity contribution >= 4 is 39.1 Å². The van der Waals surface area contributed by atoms with Crippen molar-refractivity contribution in [3.63, 3.8) is 0 Å². The van der Waals surface area contributed by atoms with Crippen LogP contribution in [0.4, 0.5) is 10.1 Å². The third-order valence-electron chi connectivity index (χ3n) is 5.88. The van der Waals surface area contributed by atoms with Gasteiger partial charge in [-0.25, -0.2) is 12.8 Å². The number of aryl methyl sites for hydroxylation is 1. The minimum absolute atomic E-state index is 0.0119. The summed E-state index contributed by atoms with van der Waals surface area (Å²) in [6, 6.07) is 17.1. The molecule has 0 aliphatic carbocycles.